The highest BCUT2D eigenvalue weighted by Crippen LogP contribution is 2.36. The summed E-state index contributed by atoms with van der Waals surface area (Å²) in [6.45, 7) is 0. The van der Waals surface area contributed by atoms with E-state index in [2.05, 4.69) is 34.1 Å². The molecule has 0 amide bonds. The zero-order valence-electron chi connectivity index (χ0n) is 11.1. The van der Waals surface area contributed by atoms with Gasteiger partial charge < -0.3 is 4.42 Å². The third-order valence-corrected chi connectivity index (χ3v) is 4.08. The number of anilines is 3. The second-order valence-electron chi connectivity index (χ2n) is 4.63. The lowest BCUT2D eigenvalue weighted by molar-refractivity contribution is 0.616. The maximum atomic E-state index is 5.42. The number of thiazole rings is 1. The third-order valence-electron chi connectivity index (χ3n) is 3.32. The molecule has 0 atom stereocenters. The van der Waals surface area contributed by atoms with Crippen LogP contribution < -0.4 is 4.90 Å². The molecule has 2 aromatic carbocycles. The zero-order chi connectivity index (χ0) is 14.1. The highest BCUT2D eigenvalue weighted by Gasteiger charge is 2.14. The Hall–Kier alpha value is -2.59. The number of aromatic nitrogens is 1. The van der Waals surface area contributed by atoms with E-state index >= 15 is 0 Å². The van der Waals surface area contributed by atoms with Gasteiger partial charge in [-0.25, -0.2) is 4.98 Å². The van der Waals surface area contributed by atoms with Gasteiger partial charge in [-0.15, -0.1) is 11.3 Å². The number of para-hydroxylation sites is 1. The Morgan fingerprint density at radius 2 is 1.86 bits per heavy atom. The Bertz CT molecular complexity index is 853. The quantitative estimate of drug-likeness (QED) is 0.509. The van der Waals surface area contributed by atoms with Gasteiger partial charge in [-0.05, 0) is 36.4 Å². The van der Waals surface area contributed by atoms with Crippen molar-refractivity contribution in [2.45, 2.75) is 0 Å². The summed E-state index contributed by atoms with van der Waals surface area (Å²) < 4.78 is 5.42. The average molecular weight is 292 g/mol. The van der Waals surface area contributed by atoms with E-state index in [4.69, 9.17) is 4.42 Å². The minimum atomic E-state index is 0.894. The number of hydrogen-bond donors (Lipinski definition) is 0. The van der Waals surface area contributed by atoms with E-state index in [-0.39, 0.29) is 0 Å². The van der Waals surface area contributed by atoms with Crippen molar-refractivity contribution in [3.8, 4) is 0 Å². The Morgan fingerprint density at radius 3 is 2.67 bits per heavy atom. The molecule has 0 bridgehead atoms. The molecular weight excluding hydrogens is 280 g/mol. The van der Waals surface area contributed by atoms with E-state index in [0.717, 1.165) is 27.5 Å². The molecule has 0 saturated carbocycles. The van der Waals surface area contributed by atoms with Crippen LogP contribution in [0.3, 0.4) is 0 Å². The van der Waals surface area contributed by atoms with Crippen molar-refractivity contribution in [3.05, 3.63) is 72.4 Å². The summed E-state index contributed by atoms with van der Waals surface area (Å²) in [5.74, 6) is 0. The fourth-order valence-electron chi connectivity index (χ4n) is 2.37. The zero-order valence-corrected chi connectivity index (χ0v) is 12.0. The largest absolute Gasteiger partial charge is 0.464 e. The van der Waals surface area contributed by atoms with Gasteiger partial charge in [0.15, 0.2) is 5.13 Å². The molecule has 4 rings (SSSR count). The molecule has 0 aliphatic rings. The van der Waals surface area contributed by atoms with Crippen molar-refractivity contribution in [2.24, 2.45) is 0 Å². The second kappa shape index (κ2) is 5.07. The van der Waals surface area contributed by atoms with Gasteiger partial charge in [0.2, 0.25) is 0 Å². The molecule has 4 heteroatoms. The minimum absolute atomic E-state index is 0.894. The van der Waals surface area contributed by atoms with E-state index in [1.165, 1.54) is 0 Å². The average Bonchev–Trinajstić information content (AvgIpc) is 3.19. The maximum Gasteiger partial charge on any atom is 0.194 e. The van der Waals surface area contributed by atoms with Crippen molar-refractivity contribution < 1.29 is 4.42 Å². The Labute approximate surface area is 126 Å². The molecule has 2 aromatic heterocycles. The molecule has 102 valence electrons. The lowest BCUT2D eigenvalue weighted by atomic mass is 10.2. The predicted molar refractivity (Wildman–Crippen MR) is 86.6 cm³/mol. The normalized spacial score (nSPS) is 10.9. The van der Waals surface area contributed by atoms with Gasteiger partial charge in [-0.3, -0.25) is 4.90 Å². The highest BCUT2D eigenvalue weighted by atomic mass is 32.1. The number of fused-ring (bicyclic) bond motifs is 1. The lowest BCUT2D eigenvalue weighted by Gasteiger charge is -2.22. The van der Waals surface area contributed by atoms with Crippen LogP contribution in [-0.2, 0) is 0 Å². The van der Waals surface area contributed by atoms with Crippen LogP contribution in [0, 0.1) is 0 Å². The smallest absolute Gasteiger partial charge is 0.194 e. The molecule has 0 aliphatic carbocycles. The first-order valence-corrected chi connectivity index (χ1v) is 7.52. The van der Waals surface area contributed by atoms with Gasteiger partial charge in [0, 0.05) is 28.3 Å². The van der Waals surface area contributed by atoms with Gasteiger partial charge in [0.25, 0.3) is 0 Å². The van der Waals surface area contributed by atoms with Crippen molar-refractivity contribution in [2.75, 3.05) is 4.90 Å². The SMILES string of the molecule is c1ccc(N(c2ccc3occc3c2)c2nccs2)cc1. The summed E-state index contributed by atoms with van der Waals surface area (Å²) in [5, 5.41) is 4.02. The predicted octanol–water partition coefficient (Wildman–Crippen LogP) is 5.36. The summed E-state index contributed by atoms with van der Waals surface area (Å²) in [6, 6.07) is 18.4. The molecular formula is C17H12N2OS. The molecule has 0 N–H and O–H groups in total. The van der Waals surface area contributed by atoms with Crippen molar-refractivity contribution in [3.63, 3.8) is 0 Å². The molecule has 0 spiro atoms. The number of nitrogens with zero attached hydrogens (tertiary/aromatic N) is 2. The van der Waals surface area contributed by atoms with Gasteiger partial charge in [0.1, 0.15) is 5.58 Å². The number of furan rings is 1. The molecule has 0 saturated heterocycles. The molecule has 2 heterocycles. The topological polar surface area (TPSA) is 29.3 Å². The van der Waals surface area contributed by atoms with Gasteiger partial charge in [-0.1, -0.05) is 18.2 Å². The summed E-state index contributed by atoms with van der Waals surface area (Å²) in [6.07, 6.45) is 3.54. The summed E-state index contributed by atoms with van der Waals surface area (Å²) in [4.78, 5) is 6.61. The molecule has 0 radical (unpaired) electrons. The molecule has 4 aromatic rings. The van der Waals surface area contributed by atoms with Crippen LogP contribution in [0.15, 0.2) is 76.9 Å². The minimum Gasteiger partial charge on any atom is -0.464 e. The monoisotopic (exact) mass is 292 g/mol. The van der Waals surface area contributed by atoms with Crippen LogP contribution in [0.1, 0.15) is 0 Å². The van der Waals surface area contributed by atoms with Crippen molar-refractivity contribution in [1.82, 2.24) is 4.98 Å². The van der Waals surface area contributed by atoms with E-state index in [9.17, 15) is 0 Å². The van der Waals surface area contributed by atoms with Crippen molar-refractivity contribution in [1.29, 1.82) is 0 Å². The summed E-state index contributed by atoms with van der Waals surface area (Å²) in [5.41, 5.74) is 3.06. The second-order valence-corrected chi connectivity index (χ2v) is 5.50. The Balaban J connectivity index is 1.89. The standard InChI is InChI=1S/C17H12N2OS/c1-2-4-14(5-3-1)19(17-18-9-11-21-17)15-6-7-16-13(12-15)8-10-20-16/h1-12H. The molecule has 0 aliphatic heterocycles. The fraction of sp³-hybridized carbons (Fsp3) is 0. The summed E-state index contributed by atoms with van der Waals surface area (Å²) >= 11 is 1.62. The molecule has 3 nitrogen and oxygen atoms in total. The van der Waals surface area contributed by atoms with E-state index in [0.29, 0.717) is 0 Å². The Kier molecular flexibility index (Phi) is 2.94. The maximum absolute atomic E-state index is 5.42. The van der Waals surface area contributed by atoms with Crippen LogP contribution >= 0.6 is 11.3 Å². The van der Waals surface area contributed by atoms with E-state index in [1.807, 2.05) is 41.9 Å². The van der Waals surface area contributed by atoms with Gasteiger partial charge in [0.05, 0.1) is 6.26 Å². The van der Waals surface area contributed by atoms with E-state index < -0.39 is 0 Å². The fourth-order valence-corrected chi connectivity index (χ4v) is 3.05. The number of rotatable bonds is 3. The molecule has 0 fully saturated rings. The molecule has 21 heavy (non-hydrogen) atoms. The van der Waals surface area contributed by atoms with Crippen LogP contribution in [0.25, 0.3) is 11.0 Å². The molecule has 0 unspecified atom stereocenters. The first kappa shape index (κ1) is 12.2. The van der Waals surface area contributed by atoms with Gasteiger partial charge >= 0.3 is 0 Å². The lowest BCUT2D eigenvalue weighted by Crippen LogP contribution is -2.09. The van der Waals surface area contributed by atoms with Crippen LogP contribution in [0.2, 0.25) is 0 Å². The third kappa shape index (κ3) is 2.19. The van der Waals surface area contributed by atoms with E-state index in [1.54, 1.807) is 17.6 Å². The highest BCUT2D eigenvalue weighted by molar-refractivity contribution is 7.13. The van der Waals surface area contributed by atoms with Crippen LogP contribution in [-0.4, -0.2) is 4.98 Å². The Morgan fingerprint density at radius 1 is 0.952 bits per heavy atom. The first-order chi connectivity index (χ1) is 10.4. The van der Waals surface area contributed by atoms with Gasteiger partial charge in [-0.2, -0.15) is 0 Å². The number of benzene rings is 2. The van der Waals surface area contributed by atoms with Crippen LogP contribution in [0.4, 0.5) is 16.5 Å². The number of hydrogen-bond acceptors (Lipinski definition) is 4. The van der Waals surface area contributed by atoms with Crippen LogP contribution in [0.5, 0.6) is 0 Å². The summed E-state index contributed by atoms with van der Waals surface area (Å²) in [7, 11) is 0. The van der Waals surface area contributed by atoms with Crippen molar-refractivity contribution >= 4 is 38.8 Å². The first-order valence-electron chi connectivity index (χ1n) is 6.64.